The van der Waals surface area contributed by atoms with Gasteiger partial charge in [-0.15, -0.1) is 11.8 Å². The minimum atomic E-state index is -0.477. The van der Waals surface area contributed by atoms with E-state index in [0.717, 1.165) is 21.7 Å². The molecular formula is C35H35ClN4O3S. The molecule has 3 N–H and O–H groups in total. The molecule has 0 aliphatic rings. The second-order valence-corrected chi connectivity index (χ2v) is 11.9. The molecule has 0 saturated carbocycles. The Morgan fingerprint density at radius 2 is 1.59 bits per heavy atom. The van der Waals surface area contributed by atoms with Crippen LogP contribution in [0, 0.1) is 6.92 Å². The Morgan fingerprint density at radius 3 is 2.27 bits per heavy atom. The summed E-state index contributed by atoms with van der Waals surface area (Å²) in [5.74, 6) is -1.01. The number of halogens is 1. The van der Waals surface area contributed by atoms with Gasteiger partial charge >= 0.3 is 0 Å². The Balaban J connectivity index is 1.52. The van der Waals surface area contributed by atoms with Crippen LogP contribution in [-0.4, -0.2) is 37.1 Å². The monoisotopic (exact) mass is 626 g/mol. The maximum atomic E-state index is 13.5. The fraction of sp³-hybridized carbons (Fsp3) is 0.171. The normalized spacial score (nSPS) is 11.8. The number of nitrogens with one attached hydrogen (secondary N) is 3. The van der Waals surface area contributed by atoms with Gasteiger partial charge in [0.1, 0.15) is 5.70 Å². The van der Waals surface area contributed by atoms with Gasteiger partial charge in [0.2, 0.25) is 5.91 Å². The maximum Gasteiger partial charge on any atom is 0.272 e. The van der Waals surface area contributed by atoms with Gasteiger partial charge in [-0.1, -0.05) is 61.0 Å². The maximum absolute atomic E-state index is 13.5. The SMILES string of the molecule is CCC(Sc1cccc(NC(=O)/C(=C\c2ccc(N(C)C)cc2)NC(=O)c2ccccc2)c1)C(=O)Nc1cccc(Cl)c1C. The van der Waals surface area contributed by atoms with Gasteiger partial charge in [0.25, 0.3) is 11.8 Å². The molecule has 226 valence electrons. The first kappa shape index (κ1) is 32.4. The minimum Gasteiger partial charge on any atom is -0.378 e. The first-order chi connectivity index (χ1) is 21.1. The van der Waals surface area contributed by atoms with Gasteiger partial charge in [0, 0.05) is 46.6 Å². The van der Waals surface area contributed by atoms with Crippen molar-refractivity contribution >= 4 is 64.2 Å². The van der Waals surface area contributed by atoms with E-state index in [4.69, 9.17) is 11.6 Å². The predicted octanol–water partition coefficient (Wildman–Crippen LogP) is 7.63. The van der Waals surface area contributed by atoms with E-state index < -0.39 is 11.8 Å². The third-order valence-electron chi connectivity index (χ3n) is 6.81. The fourth-order valence-corrected chi connectivity index (χ4v) is 5.45. The molecule has 0 aliphatic heterocycles. The van der Waals surface area contributed by atoms with Crippen LogP contribution in [0.25, 0.3) is 6.08 Å². The Bertz CT molecular complexity index is 1660. The van der Waals surface area contributed by atoms with Crippen molar-refractivity contribution < 1.29 is 14.4 Å². The van der Waals surface area contributed by atoms with Crippen LogP contribution in [0.3, 0.4) is 0 Å². The number of hydrogen-bond acceptors (Lipinski definition) is 5. The van der Waals surface area contributed by atoms with Crippen molar-refractivity contribution in [1.82, 2.24) is 5.32 Å². The van der Waals surface area contributed by atoms with Gasteiger partial charge < -0.3 is 20.9 Å². The van der Waals surface area contributed by atoms with Crippen molar-refractivity contribution in [3.63, 3.8) is 0 Å². The van der Waals surface area contributed by atoms with Crippen LogP contribution in [-0.2, 0) is 9.59 Å². The molecule has 4 aromatic rings. The topological polar surface area (TPSA) is 90.5 Å². The highest BCUT2D eigenvalue weighted by molar-refractivity contribution is 8.00. The van der Waals surface area contributed by atoms with E-state index in [-0.39, 0.29) is 16.9 Å². The van der Waals surface area contributed by atoms with E-state index >= 15 is 0 Å². The molecule has 0 aromatic heterocycles. The van der Waals surface area contributed by atoms with E-state index in [1.54, 1.807) is 48.5 Å². The van der Waals surface area contributed by atoms with Gasteiger partial charge in [0.05, 0.1) is 5.25 Å². The lowest BCUT2D eigenvalue weighted by Crippen LogP contribution is -2.30. The summed E-state index contributed by atoms with van der Waals surface area (Å²) < 4.78 is 0. The van der Waals surface area contributed by atoms with Crippen LogP contribution >= 0.6 is 23.4 Å². The molecule has 0 bridgehead atoms. The van der Waals surface area contributed by atoms with Crippen molar-refractivity contribution in [1.29, 1.82) is 0 Å². The van der Waals surface area contributed by atoms with Gasteiger partial charge in [-0.25, -0.2) is 0 Å². The summed E-state index contributed by atoms with van der Waals surface area (Å²) in [6.45, 7) is 3.81. The van der Waals surface area contributed by atoms with Crippen LogP contribution < -0.4 is 20.9 Å². The number of anilines is 3. The molecule has 0 radical (unpaired) electrons. The average Bonchev–Trinajstić information content (AvgIpc) is 3.02. The van der Waals surface area contributed by atoms with Gasteiger partial charge in [0.15, 0.2) is 0 Å². The summed E-state index contributed by atoms with van der Waals surface area (Å²) in [5, 5.41) is 8.88. The fourth-order valence-electron chi connectivity index (χ4n) is 4.27. The highest BCUT2D eigenvalue weighted by Crippen LogP contribution is 2.30. The number of hydrogen-bond donors (Lipinski definition) is 3. The summed E-state index contributed by atoms with van der Waals surface area (Å²) in [6.07, 6.45) is 2.24. The second-order valence-electron chi connectivity index (χ2n) is 10.3. The zero-order valence-corrected chi connectivity index (χ0v) is 26.6. The van der Waals surface area contributed by atoms with E-state index in [0.29, 0.717) is 28.4 Å². The summed E-state index contributed by atoms with van der Waals surface area (Å²) in [7, 11) is 3.90. The number of benzene rings is 4. The van der Waals surface area contributed by atoms with Gasteiger partial charge in [-0.2, -0.15) is 0 Å². The standard InChI is InChI=1S/C35H35ClN4O3S/c1-5-32(35(43)38-30-16-10-15-29(36)23(30)2)44-28-14-9-13-26(22-28)37-34(42)31(39-33(41)25-11-7-6-8-12-25)21-24-17-19-27(20-18-24)40(3)4/h6-22,32H,5H2,1-4H3,(H,37,42)(H,38,43)(H,39,41)/b31-21+. The largest absolute Gasteiger partial charge is 0.378 e. The Kier molecular flexibility index (Phi) is 11.2. The van der Waals surface area contributed by atoms with E-state index in [2.05, 4.69) is 16.0 Å². The molecule has 4 rings (SSSR count). The predicted molar refractivity (Wildman–Crippen MR) is 182 cm³/mol. The summed E-state index contributed by atoms with van der Waals surface area (Å²) in [5.41, 5.74) is 4.31. The number of amides is 3. The smallest absolute Gasteiger partial charge is 0.272 e. The molecule has 1 atom stereocenters. The molecule has 4 aromatic carbocycles. The van der Waals surface area contributed by atoms with Crippen molar-refractivity contribution in [2.45, 2.75) is 30.4 Å². The molecule has 0 aliphatic carbocycles. The first-order valence-corrected chi connectivity index (χ1v) is 15.4. The molecule has 0 heterocycles. The zero-order valence-electron chi connectivity index (χ0n) is 25.1. The first-order valence-electron chi connectivity index (χ1n) is 14.1. The average molecular weight is 627 g/mol. The Morgan fingerprint density at radius 1 is 0.886 bits per heavy atom. The zero-order chi connectivity index (χ0) is 31.6. The molecule has 44 heavy (non-hydrogen) atoms. The number of carbonyl (C=O) groups excluding carboxylic acids is 3. The number of rotatable bonds is 11. The van der Waals surface area contributed by atoms with E-state index in [1.165, 1.54) is 11.8 Å². The molecule has 0 fully saturated rings. The molecule has 7 nitrogen and oxygen atoms in total. The third kappa shape index (κ3) is 8.75. The highest BCUT2D eigenvalue weighted by Gasteiger charge is 2.20. The third-order valence-corrected chi connectivity index (χ3v) is 8.58. The molecule has 0 saturated heterocycles. The van der Waals surface area contributed by atoms with Crippen LogP contribution in [0.2, 0.25) is 5.02 Å². The molecule has 9 heteroatoms. The van der Waals surface area contributed by atoms with Crippen molar-refractivity contribution in [3.05, 3.63) is 124 Å². The highest BCUT2D eigenvalue weighted by atomic mass is 35.5. The molecular weight excluding hydrogens is 592 g/mol. The summed E-state index contributed by atoms with van der Waals surface area (Å²) in [6, 6.07) is 29.1. The Labute approximate surface area is 267 Å². The van der Waals surface area contributed by atoms with Crippen LogP contribution in [0.5, 0.6) is 0 Å². The number of carbonyl (C=O) groups is 3. The minimum absolute atomic E-state index is 0.0946. The lowest BCUT2D eigenvalue weighted by Gasteiger charge is -2.17. The van der Waals surface area contributed by atoms with Crippen LogP contribution in [0.1, 0.15) is 34.8 Å². The Hall–Kier alpha value is -4.53. The second kappa shape index (κ2) is 15.3. The van der Waals surface area contributed by atoms with Crippen molar-refractivity contribution in [3.8, 4) is 0 Å². The number of thioether (sulfide) groups is 1. The number of nitrogens with zero attached hydrogens (tertiary/aromatic N) is 1. The lowest BCUT2D eigenvalue weighted by atomic mass is 10.1. The van der Waals surface area contributed by atoms with E-state index in [1.807, 2.05) is 87.4 Å². The summed E-state index contributed by atoms with van der Waals surface area (Å²) >= 11 is 7.63. The lowest BCUT2D eigenvalue weighted by molar-refractivity contribution is -0.116. The quantitative estimate of drug-likeness (QED) is 0.118. The van der Waals surface area contributed by atoms with Gasteiger partial charge in [-0.3, -0.25) is 14.4 Å². The summed E-state index contributed by atoms with van der Waals surface area (Å²) in [4.78, 5) is 42.4. The van der Waals surface area contributed by atoms with Crippen molar-refractivity contribution in [2.24, 2.45) is 0 Å². The molecule has 3 amide bonds. The molecule has 0 spiro atoms. The van der Waals surface area contributed by atoms with Crippen LogP contribution in [0.15, 0.2) is 108 Å². The van der Waals surface area contributed by atoms with E-state index in [9.17, 15) is 14.4 Å². The molecule has 1 unspecified atom stereocenters. The van der Waals surface area contributed by atoms with Crippen molar-refractivity contribution in [2.75, 3.05) is 29.6 Å². The van der Waals surface area contributed by atoms with Crippen LogP contribution in [0.4, 0.5) is 17.1 Å². The van der Waals surface area contributed by atoms with Gasteiger partial charge in [-0.05, 0) is 85.1 Å².